The Morgan fingerprint density at radius 1 is 1.43 bits per heavy atom. The first-order valence-electron chi connectivity index (χ1n) is 6.24. The highest BCUT2D eigenvalue weighted by Gasteiger charge is 2.24. The van der Waals surface area contributed by atoms with Gasteiger partial charge in [0, 0.05) is 0 Å². The Hall–Kier alpha value is -1.34. The normalized spacial score (nSPS) is 12.7. The molecule has 0 aliphatic heterocycles. The van der Waals surface area contributed by atoms with Gasteiger partial charge < -0.3 is 10.1 Å². The van der Waals surface area contributed by atoms with Crippen LogP contribution in [0.15, 0.2) is 11.4 Å². The SMILES string of the molecule is CSc1ncc(Cl)c(C(=O)N[C@H](C)C(=O)OC(C)(C)C)n1. The van der Waals surface area contributed by atoms with Crippen molar-refractivity contribution >= 4 is 35.2 Å². The molecule has 0 spiro atoms. The average Bonchev–Trinajstić information content (AvgIpc) is 2.37. The number of carbonyl (C=O) groups is 2. The van der Waals surface area contributed by atoms with E-state index in [-0.39, 0.29) is 10.7 Å². The van der Waals surface area contributed by atoms with Crippen LogP contribution < -0.4 is 5.32 Å². The summed E-state index contributed by atoms with van der Waals surface area (Å²) in [6.07, 6.45) is 3.14. The van der Waals surface area contributed by atoms with Gasteiger partial charge in [0.15, 0.2) is 10.9 Å². The van der Waals surface area contributed by atoms with Crippen LogP contribution in [0.4, 0.5) is 0 Å². The molecule has 116 valence electrons. The molecule has 1 heterocycles. The summed E-state index contributed by atoms with van der Waals surface area (Å²) in [7, 11) is 0. The molecule has 1 amide bonds. The van der Waals surface area contributed by atoms with Crippen molar-refractivity contribution in [2.24, 2.45) is 0 Å². The van der Waals surface area contributed by atoms with Gasteiger partial charge in [0.25, 0.3) is 5.91 Å². The number of hydrogen-bond acceptors (Lipinski definition) is 6. The zero-order valence-corrected chi connectivity index (χ0v) is 14.1. The van der Waals surface area contributed by atoms with Crippen molar-refractivity contribution in [2.45, 2.75) is 44.5 Å². The number of nitrogens with one attached hydrogen (secondary N) is 1. The van der Waals surface area contributed by atoms with E-state index in [9.17, 15) is 9.59 Å². The number of aromatic nitrogens is 2. The molecule has 21 heavy (non-hydrogen) atoms. The summed E-state index contributed by atoms with van der Waals surface area (Å²) < 4.78 is 5.19. The molecule has 0 radical (unpaired) electrons. The van der Waals surface area contributed by atoms with Crippen molar-refractivity contribution < 1.29 is 14.3 Å². The highest BCUT2D eigenvalue weighted by atomic mass is 35.5. The Morgan fingerprint density at radius 2 is 2.05 bits per heavy atom. The van der Waals surface area contributed by atoms with Gasteiger partial charge in [-0.15, -0.1) is 0 Å². The summed E-state index contributed by atoms with van der Waals surface area (Å²) in [6, 6.07) is -0.805. The zero-order valence-electron chi connectivity index (χ0n) is 12.6. The zero-order chi connectivity index (χ0) is 16.2. The molecular weight excluding hydrogens is 314 g/mol. The molecular formula is C13H18ClN3O3S. The summed E-state index contributed by atoms with van der Waals surface area (Å²) in [6.45, 7) is 6.80. The maximum absolute atomic E-state index is 12.1. The Bertz CT molecular complexity index is 546. The topological polar surface area (TPSA) is 81.2 Å². The number of hydrogen-bond donors (Lipinski definition) is 1. The van der Waals surface area contributed by atoms with Crippen molar-refractivity contribution in [3.63, 3.8) is 0 Å². The maximum atomic E-state index is 12.1. The lowest BCUT2D eigenvalue weighted by Gasteiger charge is -2.22. The minimum absolute atomic E-state index is 0.0337. The molecule has 0 aromatic carbocycles. The number of nitrogens with zero attached hydrogens (tertiary/aromatic N) is 2. The molecule has 1 aromatic heterocycles. The average molecular weight is 332 g/mol. The second-order valence-electron chi connectivity index (χ2n) is 5.28. The molecule has 1 N–H and O–H groups in total. The van der Waals surface area contributed by atoms with Gasteiger partial charge in [-0.05, 0) is 34.0 Å². The fourth-order valence-electron chi connectivity index (χ4n) is 1.32. The fourth-order valence-corrected chi connectivity index (χ4v) is 1.84. The number of rotatable bonds is 4. The number of ether oxygens (including phenoxy) is 1. The summed E-state index contributed by atoms with van der Waals surface area (Å²) in [4.78, 5) is 31.9. The van der Waals surface area contributed by atoms with Crippen LogP contribution in [-0.4, -0.2) is 39.7 Å². The van der Waals surface area contributed by atoms with E-state index in [0.717, 1.165) is 0 Å². The Labute approximate surface area is 133 Å². The maximum Gasteiger partial charge on any atom is 0.328 e. The molecule has 0 saturated carbocycles. The van der Waals surface area contributed by atoms with Gasteiger partial charge in [-0.1, -0.05) is 23.4 Å². The quantitative estimate of drug-likeness (QED) is 0.518. The Balaban J connectivity index is 2.79. The molecule has 1 atom stereocenters. The van der Waals surface area contributed by atoms with E-state index < -0.39 is 23.5 Å². The van der Waals surface area contributed by atoms with Crippen molar-refractivity contribution in [2.75, 3.05) is 6.26 Å². The van der Waals surface area contributed by atoms with Crippen molar-refractivity contribution in [1.29, 1.82) is 0 Å². The molecule has 0 bridgehead atoms. The molecule has 0 fully saturated rings. The summed E-state index contributed by atoms with van der Waals surface area (Å²) in [5.41, 5.74) is -0.583. The number of thioether (sulfide) groups is 1. The van der Waals surface area contributed by atoms with Crippen LogP contribution in [0.1, 0.15) is 38.2 Å². The largest absolute Gasteiger partial charge is 0.458 e. The Morgan fingerprint density at radius 3 is 2.57 bits per heavy atom. The molecule has 1 rings (SSSR count). The highest BCUT2D eigenvalue weighted by molar-refractivity contribution is 7.98. The number of carbonyl (C=O) groups excluding carboxylic acids is 2. The second-order valence-corrected chi connectivity index (χ2v) is 6.46. The standard InChI is InChI=1S/C13H18ClN3O3S/c1-7(11(19)20-13(2,3)4)16-10(18)9-8(14)6-15-12(17-9)21-5/h6-7H,1-5H3,(H,16,18)/t7-/m1/s1. The summed E-state index contributed by atoms with van der Waals surface area (Å²) >= 11 is 7.20. The van der Waals surface area contributed by atoms with Crippen LogP contribution in [0.3, 0.4) is 0 Å². The fraction of sp³-hybridized carbons (Fsp3) is 0.538. The van der Waals surface area contributed by atoms with Gasteiger partial charge in [0.1, 0.15) is 11.6 Å². The molecule has 0 aliphatic carbocycles. The number of amides is 1. The van der Waals surface area contributed by atoms with E-state index in [1.54, 1.807) is 27.0 Å². The minimum Gasteiger partial charge on any atom is -0.458 e. The molecule has 0 saturated heterocycles. The van der Waals surface area contributed by atoms with E-state index in [4.69, 9.17) is 16.3 Å². The molecule has 1 aromatic rings. The van der Waals surface area contributed by atoms with Gasteiger partial charge in [0.05, 0.1) is 11.2 Å². The summed E-state index contributed by atoms with van der Waals surface area (Å²) in [5.74, 6) is -1.07. The smallest absolute Gasteiger partial charge is 0.328 e. The van der Waals surface area contributed by atoms with Crippen molar-refractivity contribution in [3.05, 3.63) is 16.9 Å². The highest BCUT2D eigenvalue weighted by Crippen LogP contribution is 2.16. The second kappa shape index (κ2) is 7.09. The van der Waals surface area contributed by atoms with E-state index in [1.165, 1.54) is 24.9 Å². The van der Waals surface area contributed by atoms with Gasteiger partial charge >= 0.3 is 5.97 Å². The minimum atomic E-state index is -0.805. The van der Waals surface area contributed by atoms with Crippen LogP contribution in [-0.2, 0) is 9.53 Å². The van der Waals surface area contributed by atoms with E-state index in [0.29, 0.717) is 5.16 Å². The van der Waals surface area contributed by atoms with Gasteiger partial charge in [0.2, 0.25) is 0 Å². The van der Waals surface area contributed by atoms with Gasteiger partial charge in [-0.3, -0.25) is 4.79 Å². The van der Waals surface area contributed by atoms with Gasteiger partial charge in [-0.2, -0.15) is 0 Å². The van der Waals surface area contributed by atoms with Crippen LogP contribution >= 0.6 is 23.4 Å². The molecule has 6 nitrogen and oxygen atoms in total. The van der Waals surface area contributed by atoms with E-state index in [2.05, 4.69) is 15.3 Å². The third-order valence-electron chi connectivity index (χ3n) is 2.23. The van der Waals surface area contributed by atoms with Crippen LogP contribution in [0, 0.1) is 0 Å². The van der Waals surface area contributed by atoms with Crippen LogP contribution in [0.2, 0.25) is 5.02 Å². The lowest BCUT2D eigenvalue weighted by atomic mass is 10.2. The predicted molar refractivity (Wildman–Crippen MR) is 81.6 cm³/mol. The van der Waals surface area contributed by atoms with Crippen LogP contribution in [0.25, 0.3) is 0 Å². The molecule has 0 unspecified atom stereocenters. The van der Waals surface area contributed by atoms with Crippen molar-refractivity contribution in [3.8, 4) is 0 Å². The third kappa shape index (κ3) is 5.51. The third-order valence-corrected chi connectivity index (χ3v) is 3.07. The lowest BCUT2D eigenvalue weighted by Crippen LogP contribution is -2.42. The lowest BCUT2D eigenvalue weighted by molar-refractivity contribution is -0.156. The molecule has 0 aliphatic rings. The Kier molecular flexibility index (Phi) is 5.98. The van der Waals surface area contributed by atoms with Crippen molar-refractivity contribution in [1.82, 2.24) is 15.3 Å². The molecule has 8 heteroatoms. The number of halogens is 1. The number of esters is 1. The van der Waals surface area contributed by atoms with E-state index >= 15 is 0 Å². The summed E-state index contributed by atoms with van der Waals surface area (Å²) in [5, 5.41) is 3.07. The monoisotopic (exact) mass is 331 g/mol. The first-order chi connectivity index (χ1) is 9.64. The van der Waals surface area contributed by atoms with Gasteiger partial charge in [-0.25, -0.2) is 14.8 Å². The van der Waals surface area contributed by atoms with E-state index in [1.807, 2.05) is 0 Å². The van der Waals surface area contributed by atoms with Crippen LogP contribution in [0.5, 0.6) is 0 Å². The first kappa shape index (κ1) is 17.7. The predicted octanol–water partition coefficient (Wildman–Crippen LogP) is 2.31. The first-order valence-corrected chi connectivity index (χ1v) is 7.84.